The molecule has 0 spiro atoms. The van der Waals surface area contributed by atoms with Crippen LogP contribution >= 0.6 is 15.9 Å². The molecule has 1 fully saturated rings. The molecule has 0 unspecified atom stereocenters. The van der Waals surface area contributed by atoms with Crippen LogP contribution in [0.4, 0.5) is 4.79 Å². The van der Waals surface area contributed by atoms with Gasteiger partial charge in [-0.3, -0.25) is 4.90 Å². The Bertz CT molecular complexity index is 595. The van der Waals surface area contributed by atoms with Gasteiger partial charge in [-0.05, 0) is 68.2 Å². The van der Waals surface area contributed by atoms with E-state index in [0.717, 1.165) is 15.8 Å². The Morgan fingerprint density at radius 2 is 2.04 bits per heavy atom. The van der Waals surface area contributed by atoms with Crippen LogP contribution in [0.5, 0.6) is 5.75 Å². The normalized spacial score (nSPS) is 20.5. The highest BCUT2D eigenvalue weighted by atomic mass is 79.9. The van der Waals surface area contributed by atoms with Crippen molar-refractivity contribution in [2.75, 3.05) is 13.7 Å². The van der Waals surface area contributed by atoms with Crippen LogP contribution in [0.1, 0.15) is 46.2 Å². The van der Waals surface area contributed by atoms with Gasteiger partial charge >= 0.3 is 6.09 Å². The van der Waals surface area contributed by atoms with Gasteiger partial charge in [-0.15, -0.1) is 0 Å². The third kappa shape index (κ3) is 3.98. The topological polar surface area (TPSA) is 48.0 Å². The Morgan fingerprint density at radius 1 is 1.39 bits per heavy atom. The number of hydrogen-bond donors (Lipinski definition) is 0. The fourth-order valence-electron chi connectivity index (χ4n) is 2.60. The van der Waals surface area contributed by atoms with E-state index in [1.165, 1.54) is 0 Å². The minimum absolute atomic E-state index is 0.206. The van der Waals surface area contributed by atoms with E-state index in [2.05, 4.69) is 15.9 Å². The number of hydrogen-bond acceptors (Lipinski definition) is 4. The van der Waals surface area contributed by atoms with Crippen molar-refractivity contribution in [1.82, 2.24) is 4.90 Å². The van der Waals surface area contributed by atoms with Crippen molar-refractivity contribution < 1.29 is 19.0 Å². The maximum absolute atomic E-state index is 12.7. The molecule has 1 atom stereocenters. The third-order valence-electron chi connectivity index (χ3n) is 3.64. The summed E-state index contributed by atoms with van der Waals surface area (Å²) in [5.41, 5.74) is -0.311. The molecular formula is C17H24BrNO4. The fraction of sp³-hybridized carbons (Fsp3) is 0.588. The molecule has 1 aromatic carbocycles. The lowest BCUT2D eigenvalue weighted by Gasteiger charge is -2.35. The van der Waals surface area contributed by atoms with Crippen molar-refractivity contribution in [2.24, 2.45) is 0 Å². The van der Waals surface area contributed by atoms with Crippen LogP contribution in [-0.4, -0.2) is 36.0 Å². The minimum Gasteiger partial charge on any atom is -0.496 e. The highest BCUT2D eigenvalue weighted by Crippen LogP contribution is 2.39. The van der Waals surface area contributed by atoms with Gasteiger partial charge in [-0.25, -0.2) is 4.79 Å². The molecular weight excluding hydrogens is 362 g/mol. The Labute approximate surface area is 146 Å². The standard InChI is InChI=1S/C17H24BrNO4/c1-16(2,3)23-15(20)19-13(10-22-17(19,4)5)11-7-8-14(21-6)12(18)9-11/h7-9,13H,10H2,1-6H3/t13-/m0/s1. The van der Waals surface area contributed by atoms with Gasteiger partial charge in [0.2, 0.25) is 0 Å². The van der Waals surface area contributed by atoms with Gasteiger partial charge in [0.05, 0.1) is 24.2 Å². The molecule has 1 amide bonds. The molecule has 5 nitrogen and oxygen atoms in total. The predicted molar refractivity (Wildman–Crippen MR) is 91.5 cm³/mol. The number of amides is 1. The molecule has 23 heavy (non-hydrogen) atoms. The highest BCUT2D eigenvalue weighted by Gasteiger charge is 2.46. The molecule has 128 valence electrons. The van der Waals surface area contributed by atoms with Gasteiger partial charge in [0.1, 0.15) is 17.1 Å². The molecule has 1 heterocycles. The zero-order valence-corrected chi connectivity index (χ0v) is 16.1. The van der Waals surface area contributed by atoms with E-state index in [9.17, 15) is 4.79 Å². The lowest BCUT2D eigenvalue weighted by atomic mass is 10.1. The summed E-state index contributed by atoms with van der Waals surface area (Å²) in [5.74, 6) is 0.746. The third-order valence-corrected chi connectivity index (χ3v) is 4.26. The van der Waals surface area contributed by atoms with E-state index < -0.39 is 11.3 Å². The quantitative estimate of drug-likeness (QED) is 0.751. The second-order valence-electron chi connectivity index (χ2n) is 7.02. The first-order valence-electron chi connectivity index (χ1n) is 7.55. The number of methoxy groups -OCH3 is 1. The van der Waals surface area contributed by atoms with Crippen LogP contribution in [0, 0.1) is 0 Å². The highest BCUT2D eigenvalue weighted by molar-refractivity contribution is 9.10. The average Bonchev–Trinajstić information content (AvgIpc) is 2.72. The summed E-state index contributed by atoms with van der Waals surface area (Å²) in [6.45, 7) is 9.73. The summed E-state index contributed by atoms with van der Waals surface area (Å²) < 4.78 is 17.5. The van der Waals surface area contributed by atoms with E-state index in [-0.39, 0.29) is 12.1 Å². The lowest BCUT2D eigenvalue weighted by molar-refractivity contribution is -0.0626. The Balaban J connectivity index is 2.33. The summed E-state index contributed by atoms with van der Waals surface area (Å²) in [6, 6.07) is 5.56. The van der Waals surface area contributed by atoms with E-state index in [1.807, 2.05) is 52.8 Å². The van der Waals surface area contributed by atoms with Crippen molar-refractivity contribution in [3.63, 3.8) is 0 Å². The molecule has 0 aliphatic carbocycles. The first-order chi connectivity index (χ1) is 10.5. The molecule has 0 saturated carbocycles. The van der Waals surface area contributed by atoms with Crippen LogP contribution in [0.2, 0.25) is 0 Å². The fourth-order valence-corrected chi connectivity index (χ4v) is 3.15. The largest absolute Gasteiger partial charge is 0.496 e. The molecule has 1 aromatic rings. The smallest absolute Gasteiger partial charge is 0.413 e. The van der Waals surface area contributed by atoms with Gasteiger partial charge in [-0.1, -0.05) is 6.07 Å². The molecule has 0 N–H and O–H groups in total. The zero-order chi connectivity index (χ0) is 17.4. The van der Waals surface area contributed by atoms with Gasteiger partial charge < -0.3 is 14.2 Å². The Morgan fingerprint density at radius 3 is 2.57 bits per heavy atom. The summed E-state index contributed by atoms with van der Waals surface area (Å²) in [4.78, 5) is 14.3. The van der Waals surface area contributed by atoms with Crippen molar-refractivity contribution >= 4 is 22.0 Å². The summed E-state index contributed by atoms with van der Waals surface area (Å²) in [5, 5.41) is 0. The molecule has 0 bridgehead atoms. The molecule has 6 heteroatoms. The van der Waals surface area contributed by atoms with Crippen molar-refractivity contribution in [2.45, 2.75) is 52.0 Å². The first-order valence-corrected chi connectivity index (χ1v) is 8.34. The maximum atomic E-state index is 12.7. The van der Waals surface area contributed by atoms with E-state index in [4.69, 9.17) is 14.2 Å². The zero-order valence-electron chi connectivity index (χ0n) is 14.5. The average molecular weight is 386 g/mol. The predicted octanol–water partition coefficient (Wildman–Crippen LogP) is 4.50. The number of benzene rings is 1. The van der Waals surface area contributed by atoms with Gasteiger partial charge in [0.15, 0.2) is 0 Å². The van der Waals surface area contributed by atoms with Gasteiger partial charge in [0, 0.05) is 0 Å². The number of rotatable bonds is 2. The van der Waals surface area contributed by atoms with Crippen molar-refractivity contribution in [3.8, 4) is 5.75 Å². The van der Waals surface area contributed by atoms with Crippen LogP contribution in [0.25, 0.3) is 0 Å². The molecule has 1 aliphatic heterocycles. The molecule has 1 aliphatic rings. The van der Waals surface area contributed by atoms with Crippen molar-refractivity contribution in [1.29, 1.82) is 0 Å². The maximum Gasteiger partial charge on any atom is 0.413 e. The molecule has 0 radical (unpaired) electrons. The van der Waals surface area contributed by atoms with Crippen LogP contribution < -0.4 is 4.74 Å². The number of halogens is 1. The number of carbonyl (C=O) groups is 1. The molecule has 1 saturated heterocycles. The van der Waals surface area contributed by atoms with Crippen molar-refractivity contribution in [3.05, 3.63) is 28.2 Å². The molecule has 2 rings (SSSR count). The minimum atomic E-state index is -0.723. The number of ether oxygens (including phenoxy) is 3. The first kappa shape index (κ1) is 18.1. The summed E-state index contributed by atoms with van der Waals surface area (Å²) in [7, 11) is 1.62. The Kier molecular flexibility index (Phi) is 4.97. The van der Waals surface area contributed by atoms with E-state index in [1.54, 1.807) is 12.0 Å². The SMILES string of the molecule is COc1ccc([C@@H]2COC(C)(C)N2C(=O)OC(C)(C)C)cc1Br. The van der Waals surface area contributed by atoms with Gasteiger partial charge in [0.25, 0.3) is 0 Å². The van der Waals surface area contributed by atoms with Crippen LogP contribution in [-0.2, 0) is 9.47 Å². The van der Waals surface area contributed by atoms with Crippen LogP contribution in [0.3, 0.4) is 0 Å². The summed E-state index contributed by atoms with van der Waals surface area (Å²) in [6.07, 6.45) is -0.378. The number of carbonyl (C=O) groups excluding carboxylic acids is 1. The monoisotopic (exact) mass is 385 g/mol. The second-order valence-corrected chi connectivity index (χ2v) is 7.87. The molecule has 0 aromatic heterocycles. The second kappa shape index (κ2) is 6.32. The van der Waals surface area contributed by atoms with E-state index in [0.29, 0.717) is 6.61 Å². The van der Waals surface area contributed by atoms with Gasteiger partial charge in [-0.2, -0.15) is 0 Å². The Hall–Kier alpha value is -1.27. The number of nitrogens with zero attached hydrogens (tertiary/aromatic N) is 1. The summed E-state index contributed by atoms with van der Waals surface area (Å²) >= 11 is 3.49. The van der Waals surface area contributed by atoms with E-state index >= 15 is 0 Å². The lowest BCUT2D eigenvalue weighted by Crippen LogP contribution is -2.47. The van der Waals surface area contributed by atoms with Crippen LogP contribution in [0.15, 0.2) is 22.7 Å².